The predicted molar refractivity (Wildman–Crippen MR) is 149 cm³/mol. The number of hydrogen-bond acceptors (Lipinski definition) is 1. The maximum absolute atomic E-state index is 15.2. The van der Waals surface area contributed by atoms with Gasteiger partial charge in [-0.05, 0) is 123 Å². The molecule has 0 unspecified atom stereocenters. The molecule has 3 heteroatoms. The van der Waals surface area contributed by atoms with Gasteiger partial charge in [0.25, 0.3) is 0 Å². The Kier molecular flexibility index (Phi) is 10.5. The summed E-state index contributed by atoms with van der Waals surface area (Å²) in [5.41, 5.74) is 2.15. The van der Waals surface area contributed by atoms with E-state index in [1.54, 1.807) is 0 Å². The lowest BCUT2D eigenvalue weighted by atomic mass is 9.68. The number of carbonyl (C=O) groups excluding carboxylic acids is 1. The summed E-state index contributed by atoms with van der Waals surface area (Å²) in [5.74, 6) is 4.13. The zero-order valence-electron chi connectivity index (χ0n) is 22.8. The Hall–Kier alpha value is -1.64. The first kappa shape index (κ1) is 27.4. The molecule has 3 fully saturated rings. The van der Waals surface area contributed by atoms with Crippen LogP contribution in [0.25, 0.3) is 0 Å². The minimum absolute atomic E-state index is 0.0134. The van der Waals surface area contributed by atoms with Crippen LogP contribution in [0.4, 0.5) is 4.39 Å². The Morgan fingerprint density at radius 2 is 1.50 bits per heavy atom. The van der Waals surface area contributed by atoms with Gasteiger partial charge in [-0.1, -0.05) is 64.2 Å². The van der Waals surface area contributed by atoms with Crippen molar-refractivity contribution in [1.29, 1.82) is 0 Å². The number of unbranched alkanes of at least 4 members (excludes halogenated alkanes) is 2. The molecule has 3 aliphatic rings. The summed E-state index contributed by atoms with van der Waals surface area (Å²) in [4.78, 5) is 11.4. The molecular formula is C33H50FNO. The van der Waals surface area contributed by atoms with Crippen molar-refractivity contribution in [2.75, 3.05) is 6.54 Å². The van der Waals surface area contributed by atoms with Crippen molar-refractivity contribution >= 4 is 5.91 Å². The van der Waals surface area contributed by atoms with E-state index in [4.69, 9.17) is 0 Å². The van der Waals surface area contributed by atoms with E-state index in [1.807, 2.05) is 6.07 Å². The van der Waals surface area contributed by atoms with Crippen LogP contribution in [0.3, 0.4) is 0 Å². The van der Waals surface area contributed by atoms with Gasteiger partial charge in [-0.25, -0.2) is 4.39 Å². The lowest BCUT2D eigenvalue weighted by Gasteiger charge is -2.38. The van der Waals surface area contributed by atoms with E-state index in [-0.39, 0.29) is 11.7 Å². The Morgan fingerprint density at radius 1 is 0.889 bits per heavy atom. The second-order valence-electron chi connectivity index (χ2n) is 12.3. The lowest BCUT2D eigenvalue weighted by Crippen LogP contribution is -2.29. The maximum Gasteiger partial charge on any atom is 0.243 e. The van der Waals surface area contributed by atoms with E-state index in [0.717, 1.165) is 49.0 Å². The second-order valence-corrected chi connectivity index (χ2v) is 12.3. The average molecular weight is 496 g/mol. The van der Waals surface area contributed by atoms with Crippen LogP contribution in [-0.4, -0.2) is 12.5 Å². The molecule has 0 aliphatic heterocycles. The molecule has 3 aliphatic carbocycles. The largest absolute Gasteiger partial charge is 0.352 e. The van der Waals surface area contributed by atoms with Crippen LogP contribution in [0.2, 0.25) is 0 Å². The molecule has 0 atom stereocenters. The van der Waals surface area contributed by atoms with Crippen LogP contribution in [0.5, 0.6) is 0 Å². The monoisotopic (exact) mass is 495 g/mol. The Labute approximate surface area is 219 Å². The first-order valence-electron chi connectivity index (χ1n) is 15.3. The third-order valence-corrected chi connectivity index (χ3v) is 10.1. The molecule has 1 N–H and O–H groups in total. The van der Waals surface area contributed by atoms with Crippen molar-refractivity contribution in [2.24, 2.45) is 23.7 Å². The van der Waals surface area contributed by atoms with Crippen molar-refractivity contribution in [3.63, 3.8) is 0 Å². The molecule has 200 valence electrons. The average Bonchev–Trinajstić information content (AvgIpc) is 2.92. The fourth-order valence-corrected chi connectivity index (χ4v) is 7.68. The predicted octanol–water partition coefficient (Wildman–Crippen LogP) is 9.06. The molecule has 1 amide bonds. The van der Waals surface area contributed by atoms with Crippen LogP contribution in [0.15, 0.2) is 30.9 Å². The molecule has 0 heterocycles. The first-order valence-corrected chi connectivity index (χ1v) is 15.3. The minimum atomic E-state index is -0.0991. The zero-order chi connectivity index (χ0) is 25.3. The van der Waals surface area contributed by atoms with Crippen LogP contribution in [-0.2, 0) is 4.79 Å². The second kappa shape index (κ2) is 13.8. The number of carbonyl (C=O) groups is 1. The maximum atomic E-state index is 15.2. The molecule has 0 spiro atoms. The van der Waals surface area contributed by atoms with Gasteiger partial charge in [0.2, 0.25) is 5.91 Å². The summed E-state index contributed by atoms with van der Waals surface area (Å²) >= 11 is 0. The van der Waals surface area contributed by atoms with E-state index >= 15 is 4.39 Å². The van der Waals surface area contributed by atoms with Crippen molar-refractivity contribution in [3.8, 4) is 0 Å². The van der Waals surface area contributed by atoms with Gasteiger partial charge < -0.3 is 5.32 Å². The third-order valence-electron chi connectivity index (χ3n) is 10.1. The molecule has 0 radical (unpaired) electrons. The number of benzene rings is 1. The van der Waals surface area contributed by atoms with Gasteiger partial charge in [0.05, 0.1) is 0 Å². The van der Waals surface area contributed by atoms with Crippen LogP contribution >= 0.6 is 0 Å². The molecule has 3 saturated carbocycles. The smallest absolute Gasteiger partial charge is 0.243 e. The fourth-order valence-electron chi connectivity index (χ4n) is 7.68. The van der Waals surface area contributed by atoms with Crippen molar-refractivity contribution < 1.29 is 9.18 Å². The van der Waals surface area contributed by atoms with E-state index in [1.165, 1.54) is 88.7 Å². The summed E-state index contributed by atoms with van der Waals surface area (Å²) in [6, 6.07) is 6.21. The van der Waals surface area contributed by atoms with Gasteiger partial charge in [-0.2, -0.15) is 0 Å². The SMILES string of the molecule is C=CC(=O)NCC1CCC(c2ccc(C3CCC(C4CCC(CCCCC)CC4)CC3)cc2F)CC1. The molecule has 0 saturated heterocycles. The van der Waals surface area contributed by atoms with Gasteiger partial charge in [0.1, 0.15) is 5.82 Å². The molecule has 0 bridgehead atoms. The molecule has 4 rings (SSSR count). The van der Waals surface area contributed by atoms with E-state index < -0.39 is 0 Å². The summed E-state index contributed by atoms with van der Waals surface area (Å²) in [6.07, 6.45) is 22.1. The summed E-state index contributed by atoms with van der Waals surface area (Å²) in [7, 11) is 0. The summed E-state index contributed by atoms with van der Waals surface area (Å²) in [6.45, 7) is 6.52. The first-order chi connectivity index (χ1) is 17.6. The quantitative estimate of drug-likeness (QED) is 0.254. The van der Waals surface area contributed by atoms with Gasteiger partial charge in [0, 0.05) is 6.54 Å². The van der Waals surface area contributed by atoms with Crippen molar-refractivity contribution in [3.05, 3.63) is 47.8 Å². The van der Waals surface area contributed by atoms with Crippen molar-refractivity contribution in [2.45, 2.75) is 121 Å². The minimum Gasteiger partial charge on any atom is -0.352 e. The number of rotatable bonds is 10. The van der Waals surface area contributed by atoms with E-state index in [9.17, 15) is 4.79 Å². The molecule has 1 aromatic carbocycles. The van der Waals surface area contributed by atoms with Crippen LogP contribution < -0.4 is 5.32 Å². The van der Waals surface area contributed by atoms with Gasteiger partial charge in [-0.15, -0.1) is 0 Å². The highest BCUT2D eigenvalue weighted by atomic mass is 19.1. The number of amides is 1. The molecule has 36 heavy (non-hydrogen) atoms. The summed E-state index contributed by atoms with van der Waals surface area (Å²) in [5, 5.41) is 2.92. The van der Waals surface area contributed by atoms with E-state index in [2.05, 4.69) is 31.0 Å². The van der Waals surface area contributed by atoms with Gasteiger partial charge >= 0.3 is 0 Å². The highest BCUT2D eigenvalue weighted by molar-refractivity contribution is 5.86. The van der Waals surface area contributed by atoms with Crippen LogP contribution in [0.1, 0.15) is 133 Å². The Bertz CT molecular complexity index is 826. The fraction of sp³-hybridized carbons (Fsp3) is 0.727. The topological polar surface area (TPSA) is 29.1 Å². The molecule has 2 nitrogen and oxygen atoms in total. The number of nitrogens with one attached hydrogen (secondary N) is 1. The number of halogens is 1. The van der Waals surface area contributed by atoms with Gasteiger partial charge in [0.15, 0.2) is 0 Å². The molecule has 1 aromatic rings. The number of hydrogen-bond donors (Lipinski definition) is 1. The highest BCUT2D eigenvalue weighted by Crippen LogP contribution is 2.45. The normalized spacial score (nSPS) is 31.1. The van der Waals surface area contributed by atoms with Gasteiger partial charge in [-0.3, -0.25) is 4.79 Å². The standard InChI is InChI=1S/C33H50FNO/c1-3-5-6-7-24-8-12-26(13-9-24)27-16-18-28(19-17-27)30-20-21-31(32(34)22-30)29-14-10-25(11-15-29)23-35-33(36)4-2/h4,20-22,24-29H,2-3,5-19,23H2,1H3,(H,35,36). The zero-order valence-corrected chi connectivity index (χ0v) is 22.8. The lowest BCUT2D eigenvalue weighted by molar-refractivity contribution is -0.116. The molecular weight excluding hydrogens is 445 g/mol. The van der Waals surface area contributed by atoms with Crippen LogP contribution in [0, 0.1) is 29.5 Å². The Morgan fingerprint density at radius 3 is 2.11 bits per heavy atom. The third kappa shape index (κ3) is 7.45. The van der Waals surface area contributed by atoms with E-state index in [0.29, 0.717) is 24.3 Å². The molecule has 0 aromatic heterocycles. The Balaban J connectivity index is 1.21. The van der Waals surface area contributed by atoms with Crippen molar-refractivity contribution in [1.82, 2.24) is 5.32 Å². The highest BCUT2D eigenvalue weighted by Gasteiger charge is 2.32. The summed E-state index contributed by atoms with van der Waals surface area (Å²) < 4.78 is 15.2.